The molecule has 0 unspecified atom stereocenters. The van der Waals surface area contributed by atoms with Gasteiger partial charge in [-0.15, -0.1) is 0 Å². The molecule has 1 N–H and O–H groups in total. The molecule has 1 aliphatic heterocycles. The molecule has 1 fully saturated rings. The molecule has 0 aliphatic carbocycles. The number of nitrogens with one attached hydrogen (secondary N) is 1. The minimum absolute atomic E-state index is 0.0504. The predicted octanol–water partition coefficient (Wildman–Crippen LogP) is 3.74. The molecule has 2 heterocycles. The van der Waals surface area contributed by atoms with Crippen molar-refractivity contribution in [3.05, 3.63) is 47.1 Å². The Morgan fingerprint density at radius 1 is 1.38 bits per heavy atom. The van der Waals surface area contributed by atoms with E-state index in [4.69, 9.17) is 11.6 Å². The van der Waals surface area contributed by atoms with Crippen LogP contribution in [-0.2, 0) is 4.79 Å². The molecule has 3 rings (SSSR count). The van der Waals surface area contributed by atoms with Crippen LogP contribution in [0.1, 0.15) is 31.5 Å². The number of carbonyl (C=O) groups excluding carboxylic acids is 1. The van der Waals surface area contributed by atoms with Gasteiger partial charge in [-0.2, -0.15) is 0 Å². The SMILES string of the molecule is CC(=O)N1CCC[C@H](c2nc(Cl)cc(Nc3cccc(F)c3)n2)C1. The van der Waals surface area contributed by atoms with E-state index in [0.717, 1.165) is 19.4 Å². The second kappa shape index (κ2) is 7.13. The number of likely N-dealkylation sites (tertiary alicyclic amines) is 1. The van der Waals surface area contributed by atoms with Gasteiger partial charge in [0, 0.05) is 37.7 Å². The number of anilines is 2. The van der Waals surface area contributed by atoms with E-state index in [0.29, 0.717) is 29.0 Å². The molecule has 1 aromatic heterocycles. The van der Waals surface area contributed by atoms with E-state index in [1.807, 2.05) is 0 Å². The topological polar surface area (TPSA) is 58.1 Å². The highest BCUT2D eigenvalue weighted by atomic mass is 35.5. The van der Waals surface area contributed by atoms with Gasteiger partial charge in [-0.1, -0.05) is 17.7 Å². The fourth-order valence-corrected chi connectivity index (χ4v) is 3.06. The number of halogens is 2. The summed E-state index contributed by atoms with van der Waals surface area (Å²) in [6, 6.07) is 7.72. The molecule has 24 heavy (non-hydrogen) atoms. The molecule has 126 valence electrons. The molecular formula is C17H18ClFN4O. The van der Waals surface area contributed by atoms with Gasteiger partial charge in [0.1, 0.15) is 22.6 Å². The second-order valence-electron chi connectivity index (χ2n) is 5.87. The number of carbonyl (C=O) groups is 1. The van der Waals surface area contributed by atoms with Gasteiger partial charge in [0.25, 0.3) is 0 Å². The summed E-state index contributed by atoms with van der Waals surface area (Å²) in [5, 5.41) is 3.36. The van der Waals surface area contributed by atoms with E-state index in [2.05, 4.69) is 15.3 Å². The molecule has 5 nitrogen and oxygen atoms in total. The monoisotopic (exact) mass is 348 g/mol. The van der Waals surface area contributed by atoms with E-state index >= 15 is 0 Å². The lowest BCUT2D eigenvalue weighted by Gasteiger charge is -2.31. The van der Waals surface area contributed by atoms with Crippen LogP contribution in [0.3, 0.4) is 0 Å². The van der Waals surface area contributed by atoms with Crippen LogP contribution in [0.2, 0.25) is 5.15 Å². The van der Waals surface area contributed by atoms with Crippen LogP contribution in [0, 0.1) is 5.82 Å². The largest absolute Gasteiger partial charge is 0.342 e. The summed E-state index contributed by atoms with van der Waals surface area (Å²) in [6.07, 6.45) is 1.82. The van der Waals surface area contributed by atoms with Gasteiger partial charge in [-0.3, -0.25) is 4.79 Å². The summed E-state index contributed by atoms with van der Waals surface area (Å²) in [7, 11) is 0. The summed E-state index contributed by atoms with van der Waals surface area (Å²) < 4.78 is 13.3. The fraction of sp³-hybridized carbons (Fsp3) is 0.353. The van der Waals surface area contributed by atoms with E-state index < -0.39 is 0 Å². The average molecular weight is 349 g/mol. The highest BCUT2D eigenvalue weighted by molar-refractivity contribution is 6.29. The number of hydrogen-bond donors (Lipinski definition) is 1. The number of nitrogens with zero attached hydrogens (tertiary/aromatic N) is 3. The third-order valence-corrected chi connectivity index (χ3v) is 4.23. The van der Waals surface area contributed by atoms with Crippen LogP contribution in [0.5, 0.6) is 0 Å². The highest BCUT2D eigenvalue weighted by Crippen LogP contribution is 2.27. The van der Waals surface area contributed by atoms with Crippen molar-refractivity contribution in [1.82, 2.24) is 14.9 Å². The minimum Gasteiger partial charge on any atom is -0.342 e. The molecule has 1 amide bonds. The van der Waals surface area contributed by atoms with Gasteiger partial charge < -0.3 is 10.2 Å². The summed E-state index contributed by atoms with van der Waals surface area (Å²) >= 11 is 6.12. The number of hydrogen-bond acceptors (Lipinski definition) is 4. The number of amides is 1. The molecule has 2 aromatic rings. The number of aromatic nitrogens is 2. The molecular weight excluding hydrogens is 331 g/mol. The van der Waals surface area contributed by atoms with Gasteiger partial charge >= 0.3 is 0 Å². The Morgan fingerprint density at radius 2 is 2.21 bits per heavy atom. The van der Waals surface area contributed by atoms with Crippen molar-refractivity contribution in [1.29, 1.82) is 0 Å². The quantitative estimate of drug-likeness (QED) is 0.858. The molecule has 7 heteroatoms. The Morgan fingerprint density at radius 3 is 2.96 bits per heavy atom. The maximum atomic E-state index is 13.3. The molecule has 0 radical (unpaired) electrons. The zero-order valence-electron chi connectivity index (χ0n) is 13.3. The van der Waals surface area contributed by atoms with Crippen LogP contribution >= 0.6 is 11.6 Å². The maximum Gasteiger partial charge on any atom is 0.219 e. The number of rotatable bonds is 3. The van der Waals surface area contributed by atoms with Crippen molar-refractivity contribution in [3.8, 4) is 0 Å². The first-order valence-corrected chi connectivity index (χ1v) is 8.21. The third kappa shape index (κ3) is 4.00. The summed E-state index contributed by atoms with van der Waals surface area (Å²) in [6.45, 7) is 2.92. The zero-order valence-corrected chi connectivity index (χ0v) is 14.1. The van der Waals surface area contributed by atoms with Gasteiger partial charge in [-0.25, -0.2) is 14.4 Å². The lowest BCUT2D eigenvalue weighted by Crippen LogP contribution is -2.38. The lowest BCUT2D eigenvalue weighted by atomic mass is 9.97. The van der Waals surface area contributed by atoms with Crippen molar-refractivity contribution in [2.75, 3.05) is 18.4 Å². The van der Waals surface area contributed by atoms with Gasteiger partial charge in [0.05, 0.1) is 0 Å². The molecule has 1 aromatic carbocycles. The molecule has 0 saturated carbocycles. The van der Waals surface area contributed by atoms with Crippen molar-refractivity contribution < 1.29 is 9.18 Å². The van der Waals surface area contributed by atoms with Crippen LogP contribution in [0.15, 0.2) is 30.3 Å². The van der Waals surface area contributed by atoms with Crippen LogP contribution in [-0.4, -0.2) is 33.9 Å². The first-order chi connectivity index (χ1) is 11.5. The normalized spacial score (nSPS) is 17.6. The van der Waals surface area contributed by atoms with E-state index in [1.54, 1.807) is 30.0 Å². The minimum atomic E-state index is -0.329. The lowest BCUT2D eigenvalue weighted by molar-refractivity contribution is -0.130. The Kier molecular flexibility index (Phi) is 4.94. The van der Waals surface area contributed by atoms with Crippen molar-refractivity contribution >= 4 is 29.0 Å². The summed E-state index contributed by atoms with van der Waals surface area (Å²) in [5.41, 5.74) is 0.588. The van der Waals surface area contributed by atoms with E-state index in [9.17, 15) is 9.18 Å². The Labute approximate surface area is 144 Å². The molecule has 1 atom stereocenters. The Bertz CT molecular complexity index is 755. The van der Waals surface area contributed by atoms with Crippen molar-refractivity contribution in [2.45, 2.75) is 25.7 Å². The predicted molar refractivity (Wildman–Crippen MR) is 91.0 cm³/mol. The van der Waals surface area contributed by atoms with Gasteiger partial charge in [0.15, 0.2) is 0 Å². The molecule has 1 aliphatic rings. The van der Waals surface area contributed by atoms with Crippen LogP contribution in [0.4, 0.5) is 15.9 Å². The zero-order chi connectivity index (χ0) is 17.1. The molecule has 1 saturated heterocycles. The highest BCUT2D eigenvalue weighted by Gasteiger charge is 2.25. The Hall–Kier alpha value is -2.21. The first-order valence-electron chi connectivity index (χ1n) is 7.84. The fourth-order valence-electron chi connectivity index (χ4n) is 2.87. The average Bonchev–Trinajstić information content (AvgIpc) is 2.54. The molecule has 0 spiro atoms. The summed E-state index contributed by atoms with van der Waals surface area (Å²) in [4.78, 5) is 22.2. The van der Waals surface area contributed by atoms with E-state index in [1.165, 1.54) is 12.1 Å². The standard InChI is InChI=1S/C17H18ClFN4O/c1-11(24)23-7-3-4-12(10-23)17-21-15(18)9-16(22-17)20-14-6-2-5-13(19)8-14/h2,5-6,8-9,12H,3-4,7,10H2,1H3,(H,20,21,22)/t12-/m0/s1. The van der Waals surface area contributed by atoms with Gasteiger partial charge in [0.2, 0.25) is 5.91 Å². The van der Waals surface area contributed by atoms with Crippen LogP contribution < -0.4 is 5.32 Å². The first kappa shape index (κ1) is 16.6. The van der Waals surface area contributed by atoms with Crippen LogP contribution in [0.25, 0.3) is 0 Å². The second-order valence-corrected chi connectivity index (χ2v) is 6.26. The smallest absolute Gasteiger partial charge is 0.219 e. The Balaban J connectivity index is 1.82. The van der Waals surface area contributed by atoms with E-state index in [-0.39, 0.29) is 17.6 Å². The number of benzene rings is 1. The van der Waals surface area contributed by atoms with Crippen molar-refractivity contribution in [2.24, 2.45) is 0 Å². The van der Waals surface area contributed by atoms with Crippen molar-refractivity contribution in [3.63, 3.8) is 0 Å². The number of piperidine rings is 1. The molecule has 0 bridgehead atoms. The summed E-state index contributed by atoms with van der Waals surface area (Å²) in [5.74, 6) is 0.891. The van der Waals surface area contributed by atoms with Gasteiger partial charge in [-0.05, 0) is 31.0 Å². The maximum absolute atomic E-state index is 13.3. The third-order valence-electron chi connectivity index (χ3n) is 4.04.